The molecule has 17 heavy (non-hydrogen) atoms. The summed E-state index contributed by atoms with van der Waals surface area (Å²) in [4.78, 5) is 10.5. The van der Waals surface area contributed by atoms with Crippen molar-refractivity contribution in [3.63, 3.8) is 0 Å². The molecule has 0 unspecified atom stereocenters. The lowest BCUT2D eigenvalue weighted by Crippen LogP contribution is -2.15. The van der Waals surface area contributed by atoms with Crippen LogP contribution in [0.2, 0.25) is 13.1 Å². The predicted molar refractivity (Wildman–Crippen MR) is 71.3 cm³/mol. The fourth-order valence-electron chi connectivity index (χ4n) is 1.48. The van der Waals surface area contributed by atoms with E-state index in [1.807, 2.05) is 13.1 Å². The van der Waals surface area contributed by atoms with Gasteiger partial charge in [-0.15, -0.1) is 0 Å². The Morgan fingerprint density at radius 3 is 2.29 bits per heavy atom. The first-order valence-corrected chi connectivity index (χ1v) is 8.45. The van der Waals surface area contributed by atoms with Crippen LogP contribution >= 0.6 is 0 Å². The molecular weight excluding hydrogens is 234 g/mol. The molecule has 94 valence electrons. The third kappa shape index (κ3) is 3.56. The first-order valence-electron chi connectivity index (χ1n) is 5.67. The monoisotopic (exact) mass is 253 g/mol. The minimum Gasteiger partial charge on any atom is -0.542 e. The average molecular weight is 253 g/mol. The lowest BCUT2D eigenvalue weighted by Gasteiger charge is -2.20. The maximum Gasteiger partial charge on any atom is 0.309 e. The number of benzene rings is 1. The van der Waals surface area contributed by atoms with Gasteiger partial charge in [0.15, 0.2) is 5.75 Å². The molecule has 0 N–H and O–H groups in total. The van der Waals surface area contributed by atoms with Gasteiger partial charge < -0.3 is 4.43 Å². The van der Waals surface area contributed by atoms with Crippen LogP contribution in [0.1, 0.15) is 26.3 Å². The minimum atomic E-state index is -1.35. The van der Waals surface area contributed by atoms with Gasteiger partial charge in [0.05, 0.1) is 4.92 Å². The summed E-state index contributed by atoms with van der Waals surface area (Å²) in [7, 11) is -1.35. The predicted octanol–water partition coefficient (Wildman–Crippen LogP) is 3.25. The largest absolute Gasteiger partial charge is 0.542 e. The highest BCUT2D eigenvalue weighted by Gasteiger charge is 2.21. The second-order valence-corrected chi connectivity index (χ2v) is 7.69. The van der Waals surface area contributed by atoms with Gasteiger partial charge in [-0.3, -0.25) is 10.1 Å². The fourth-order valence-corrected chi connectivity index (χ4v) is 2.18. The second-order valence-electron chi connectivity index (χ2n) is 5.36. The quantitative estimate of drug-likeness (QED) is 0.472. The molecule has 4 nitrogen and oxygen atoms in total. The van der Waals surface area contributed by atoms with E-state index in [0.717, 1.165) is 5.56 Å². The third-order valence-corrected chi connectivity index (χ3v) is 3.11. The molecule has 5 heteroatoms. The normalized spacial score (nSPS) is 11.6. The van der Waals surface area contributed by atoms with Crippen LogP contribution in [0.5, 0.6) is 5.75 Å². The molecule has 0 spiro atoms. The smallest absolute Gasteiger partial charge is 0.309 e. The molecule has 0 radical (unpaired) electrons. The van der Waals surface area contributed by atoms with Gasteiger partial charge >= 0.3 is 5.69 Å². The summed E-state index contributed by atoms with van der Waals surface area (Å²) < 4.78 is 5.64. The van der Waals surface area contributed by atoms with Crippen molar-refractivity contribution < 1.29 is 9.35 Å². The molecule has 0 fully saturated rings. The fraction of sp³-hybridized carbons (Fsp3) is 0.500. The van der Waals surface area contributed by atoms with Crippen molar-refractivity contribution in [1.29, 1.82) is 0 Å². The Morgan fingerprint density at radius 2 is 1.88 bits per heavy atom. The zero-order valence-corrected chi connectivity index (χ0v) is 12.1. The summed E-state index contributed by atoms with van der Waals surface area (Å²) in [5.41, 5.74) is 1.07. The number of hydrogen-bond acceptors (Lipinski definition) is 3. The van der Waals surface area contributed by atoms with Crippen LogP contribution in [0.3, 0.4) is 0 Å². The second kappa shape index (κ2) is 4.87. The molecule has 0 bridgehead atoms. The van der Waals surface area contributed by atoms with E-state index in [1.54, 1.807) is 12.1 Å². The van der Waals surface area contributed by atoms with E-state index in [-0.39, 0.29) is 11.1 Å². The zero-order valence-electron chi connectivity index (χ0n) is 11.0. The van der Waals surface area contributed by atoms with Gasteiger partial charge in [-0.05, 0) is 30.1 Å². The number of nitrogens with zero attached hydrogens (tertiary/aromatic N) is 1. The van der Waals surface area contributed by atoms with Crippen molar-refractivity contribution in [1.82, 2.24) is 0 Å². The Labute approximate surface area is 103 Å². The molecule has 0 atom stereocenters. The first-order chi connectivity index (χ1) is 7.71. The average Bonchev–Trinajstić information content (AvgIpc) is 2.14. The van der Waals surface area contributed by atoms with Crippen LogP contribution in [0.15, 0.2) is 18.2 Å². The Hall–Kier alpha value is -1.36. The molecule has 1 rings (SSSR count). The van der Waals surface area contributed by atoms with Gasteiger partial charge in [-0.25, -0.2) is 0 Å². The third-order valence-electron chi connectivity index (χ3n) is 2.39. The first kappa shape index (κ1) is 13.7. The highest BCUT2D eigenvalue weighted by atomic mass is 28.3. The van der Waals surface area contributed by atoms with Crippen LogP contribution in [-0.4, -0.2) is 14.0 Å². The van der Waals surface area contributed by atoms with Crippen molar-refractivity contribution in [2.45, 2.75) is 39.3 Å². The summed E-state index contributed by atoms with van der Waals surface area (Å²) >= 11 is 0. The topological polar surface area (TPSA) is 52.4 Å². The standard InChI is InChI=1S/C12H19NO3Si/c1-12(2,3)9-6-7-10(13(14)15)11(8-9)16-17(4)5/h6-8,17H,1-5H3. The van der Waals surface area contributed by atoms with Gasteiger partial charge in [0.1, 0.15) is 0 Å². The molecule has 0 aliphatic heterocycles. The Bertz CT molecular complexity index is 424. The summed E-state index contributed by atoms with van der Waals surface area (Å²) in [6, 6.07) is 5.13. The van der Waals surface area contributed by atoms with E-state index in [1.165, 1.54) is 6.07 Å². The molecule has 0 aliphatic rings. The molecule has 0 saturated carbocycles. The summed E-state index contributed by atoms with van der Waals surface area (Å²) in [6.07, 6.45) is 0. The van der Waals surface area contributed by atoms with Gasteiger partial charge in [0, 0.05) is 6.07 Å². The number of rotatable bonds is 3. The van der Waals surface area contributed by atoms with E-state index in [9.17, 15) is 10.1 Å². The number of nitro groups is 1. The molecule has 1 aromatic rings. The number of hydrogen-bond donors (Lipinski definition) is 0. The molecule has 0 saturated heterocycles. The van der Waals surface area contributed by atoms with E-state index >= 15 is 0 Å². The molecule has 0 aliphatic carbocycles. The lowest BCUT2D eigenvalue weighted by molar-refractivity contribution is -0.385. The molecule has 0 heterocycles. The van der Waals surface area contributed by atoms with E-state index in [2.05, 4.69) is 20.8 Å². The zero-order chi connectivity index (χ0) is 13.2. The van der Waals surface area contributed by atoms with Crippen LogP contribution in [0, 0.1) is 10.1 Å². The highest BCUT2D eigenvalue weighted by molar-refractivity contribution is 6.49. The molecule has 1 aromatic carbocycles. The maximum absolute atomic E-state index is 10.9. The van der Waals surface area contributed by atoms with E-state index in [4.69, 9.17) is 4.43 Å². The van der Waals surface area contributed by atoms with Gasteiger partial charge in [0.2, 0.25) is 9.04 Å². The van der Waals surface area contributed by atoms with E-state index < -0.39 is 14.0 Å². The minimum absolute atomic E-state index is 0.0359. The Morgan fingerprint density at radius 1 is 1.29 bits per heavy atom. The lowest BCUT2D eigenvalue weighted by atomic mass is 9.87. The molecule has 0 aromatic heterocycles. The van der Waals surface area contributed by atoms with Crippen molar-refractivity contribution in [2.24, 2.45) is 0 Å². The van der Waals surface area contributed by atoms with Gasteiger partial charge in [-0.1, -0.05) is 26.8 Å². The van der Waals surface area contributed by atoms with Crippen molar-refractivity contribution in [3.8, 4) is 5.75 Å². The van der Waals surface area contributed by atoms with Crippen LogP contribution < -0.4 is 4.43 Å². The maximum atomic E-state index is 10.9. The van der Waals surface area contributed by atoms with Gasteiger partial charge in [0.25, 0.3) is 0 Å². The highest BCUT2D eigenvalue weighted by Crippen LogP contribution is 2.33. The number of nitro benzene ring substituents is 1. The Kier molecular flexibility index (Phi) is 3.93. The van der Waals surface area contributed by atoms with Crippen molar-refractivity contribution in [3.05, 3.63) is 33.9 Å². The SMILES string of the molecule is C[SiH](C)Oc1cc(C(C)(C)C)ccc1[N+](=O)[O-]. The van der Waals surface area contributed by atoms with Crippen LogP contribution in [0.4, 0.5) is 5.69 Å². The Balaban J connectivity index is 3.24. The van der Waals surface area contributed by atoms with Crippen molar-refractivity contribution >= 4 is 14.7 Å². The van der Waals surface area contributed by atoms with Crippen LogP contribution in [-0.2, 0) is 5.41 Å². The summed E-state index contributed by atoms with van der Waals surface area (Å²) in [5.74, 6) is 0.407. The van der Waals surface area contributed by atoms with Gasteiger partial charge in [-0.2, -0.15) is 0 Å². The van der Waals surface area contributed by atoms with Crippen molar-refractivity contribution in [2.75, 3.05) is 0 Å². The molecular formula is C12H19NO3Si. The molecule has 0 amide bonds. The van der Waals surface area contributed by atoms with Crippen LogP contribution in [0.25, 0.3) is 0 Å². The summed E-state index contributed by atoms with van der Waals surface area (Å²) in [6.45, 7) is 10.2. The van der Waals surface area contributed by atoms with E-state index in [0.29, 0.717) is 5.75 Å². The summed E-state index contributed by atoms with van der Waals surface area (Å²) in [5, 5.41) is 10.9.